The molecule has 132 valence electrons. The van der Waals surface area contributed by atoms with Crippen molar-refractivity contribution in [1.29, 1.82) is 0 Å². The van der Waals surface area contributed by atoms with Crippen LogP contribution >= 0.6 is 0 Å². The average Bonchev–Trinajstić information content (AvgIpc) is 3.37. The van der Waals surface area contributed by atoms with Gasteiger partial charge < -0.3 is 14.7 Å². The zero-order valence-corrected chi connectivity index (χ0v) is 14.6. The van der Waals surface area contributed by atoms with Gasteiger partial charge in [0.15, 0.2) is 5.82 Å². The number of anilines is 1. The number of hydrogen-bond acceptors (Lipinski definition) is 4. The topological polar surface area (TPSA) is 71.3 Å². The predicted molar refractivity (Wildman–Crippen MR) is 94.5 cm³/mol. The lowest BCUT2D eigenvalue weighted by Gasteiger charge is -2.32. The Hall–Kier alpha value is -2.37. The molecule has 6 nitrogen and oxygen atoms in total. The van der Waals surface area contributed by atoms with Crippen LogP contribution in [0.4, 0.5) is 10.5 Å². The van der Waals surface area contributed by atoms with Crippen LogP contribution < -0.4 is 5.32 Å². The summed E-state index contributed by atoms with van der Waals surface area (Å²) >= 11 is 0. The van der Waals surface area contributed by atoms with Gasteiger partial charge in [0.05, 0.1) is 0 Å². The first-order chi connectivity index (χ1) is 12.2. The van der Waals surface area contributed by atoms with Crippen molar-refractivity contribution in [2.24, 2.45) is 5.92 Å². The Morgan fingerprint density at radius 2 is 2.16 bits per heavy atom. The van der Waals surface area contributed by atoms with Crippen LogP contribution in [-0.4, -0.2) is 34.2 Å². The van der Waals surface area contributed by atoms with Gasteiger partial charge in [0.2, 0.25) is 5.89 Å². The summed E-state index contributed by atoms with van der Waals surface area (Å²) < 4.78 is 5.40. The van der Waals surface area contributed by atoms with Gasteiger partial charge in [-0.15, -0.1) is 0 Å². The Morgan fingerprint density at radius 1 is 1.32 bits per heavy atom. The molecule has 0 spiro atoms. The summed E-state index contributed by atoms with van der Waals surface area (Å²) in [6, 6.07) is 7.83. The number of aromatic nitrogens is 2. The maximum absolute atomic E-state index is 12.6. The summed E-state index contributed by atoms with van der Waals surface area (Å²) in [6.45, 7) is 3.53. The van der Waals surface area contributed by atoms with Crippen LogP contribution in [0.15, 0.2) is 28.8 Å². The fourth-order valence-electron chi connectivity index (χ4n) is 3.43. The molecule has 4 rings (SSSR count). The van der Waals surface area contributed by atoms with Crippen LogP contribution in [0.25, 0.3) is 0 Å². The second-order valence-electron chi connectivity index (χ2n) is 7.22. The predicted octanol–water partition coefficient (Wildman–Crippen LogP) is 3.74. The summed E-state index contributed by atoms with van der Waals surface area (Å²) in [7, 11) is 0. The number of piperidine rings is 1. The van der Waals surface area contributed by atoms with E-state index in [9.17, 15) is 4.79 Å². The molecule has 25 heavy (non-hydrogen) atoms. The number of carbonyl (C=O) groups excluding carboxylic acids is 1. The molecule has 2 aliphatic rings. The number of urea groups is 1. The molecule has 0 unspecified atom stereocenters. The van der Waals surface area contributed by atoms with E-state index in [0.717, 1.165) is 49.4 Å². The molecule has 1 aliphatic heterocycles. The summed E-state index contributed by atoms with van der Waals surface area (Å²) in [5, 5.41) is 7.11. The third kappa shape index (κ3) is 3.83. The SMILES string of the molecule is Cc1ccccc1NC(=O)N1CCC[C@H](Cc2nc(C3CC3)no2)C1. The van der Waals surface area contributed by atoms with E-state index >= 15 is 0 Å². The van der Waals surface area contributed by atoms with Gasteiger partial charge in [-0.1, -0.05) is 23.4 Å². The number of aryl methyl sites for hydroxylation is 1. The highest BCUT2D eigenvalue weighted by atomic mass is 16.5. The molecule has 1 aliphatic carbocycles. The Balaban J connectivity index is 1.35. The van der Waals surface area contributed by atoms with Crippen LogP contribution in [0.5, 0.6) is 0 Å². The van der Waals surface area contributed by atoms with Crippen LogP contribution in [0.2, 0.25) is 0 Å². The number of carbonyl (C=O) groups is 1. The van der Waals surface area contributed by atoms with E-state index in [1.54, 1.807) is 0 Å². The zero-order valence-electron chi connectivity index (χ0n) is 14.6. The molecular weight excluding hydrogens is 316 g/mol. The largest absolute Gasteiger partial charge is 0.339 e. The quantitative estimate of drug-likeness (QED) is 0.920. The van der Waals surface area contributed by atoms with Crippen LogP contribution in [0, 0.1) is 12.8 Å². The summed E-state index contributed by atoms with van der Waals surface area (Å²) in [5.41, 5.74) is 1.95. The summed E-state index contributed by atoms with van der Waals surface area (Å²) in [6.07, 6.45) is 5.21. The Kier molecular flexibility index (Phi) is 4.42. The van der Waals surface area contributed by atoms with Gasteiger partial charge in [0.1, 0.15) is 0 Å². The van der Waals surface area contributed by atoms with Crippen molar-refractivity contribution in [3.63, 3.8) is 0 Å². The zero-order chi connectivity index (χ0) is 17.2. The third-order valence-corrected chi connectivity index (χ3v) is 5.08. The van der Waals surface area contributed by atoms with E-state index in [1.807, 2.05) is 36.1 Å². The molecule has 0 radical (unpaired) electrons. The molecule has 2 heterocycles. The molecule has 1 saturated heterocycles. The van der Waals surface area contributed by atoms with Gasteiger partial charge in [0.25, 0.3) is 0 Å². The highest BCUT2D eigenvalue weighted by molar-refractivity contribution is 5.90. The van der Waals surface area contributed by atoms with Gasteiger partial charge in [-0.05, 0) is 50.2 Å². The maximum atomic E-state index is 12.6. The number of amides is 2. The monoisotopic (exact) mass is 340 g/mol. The second kappa shape index (κ2) is 6.86. The summed E-state index contributed by atoms with van der Waals surface area (Å²) in [5.74, 6) is 2.47. The lowest BCUT2D eigenvalue weighted by molar-refractivity contribution is 0.173. The number of para-hydroxylation sites is 1. The van der Waals surface area contributed by atoms with Crippen molar-refractivity contribution in [3.05, 3.63) is 41.5 Å². The molecule has 1 N–H and O–H groups in total. The minimum atomic E-state index is -0.0248. The van der Waals surface area contributed by atoms with Gasteiger partial charge in [-0.3, -0.25) is 0 Å². The highest BCUT2D eigenvalue weighted by Gasteiger charge is 2.30. The Labute approximate surface area is 147 Å². The van der Waals surface area contributed by atoms with E-state index in [0.29, 0.717) is 17.7 Å². The lowest BCUT2D eigenvalue weighted by atomic mass is 9.95. The van der Waals surface area contributed by atoms with Crippen LogP contribution in [0.1, 0.15) is 48.9 Å². The van der Waals surface area contributed by atoms with Crippen molar-refractivity contribution in [3.8, 4) is 0 Å². The van der Waals surface area contributed by atoms with E-state index in [2.05, 4.69) is 15.5 Å². The van der Waals surface area contributed by atoms with Crippen molar-refractivity contribution in [2.45, 2.75) is 44.9 Å². The van der Waals surface area contributed by atoms with E-state index in [4.69, 9.17) is 4.52 Å². The molecule has 1 aromatic heterocycles. The summed E-state index contributed by atoms with van der Waals surface area (Å²) in [4.78, 5) is 19.0. The Bertz CT molecular complexity index is 753. The molecule has 2 aromatic rings. The molecule has 1 saturated carbocycles. The number of benzene rings is 1. The fraction of sp³-hybridized carbons (Fsp3) is 0.526. The minimum Gasteiger partial charge on any atom is -0.339 e. The molecule has 1 aromatic carbocycles. The molecule has 0 bridgehead atoms. The Morgan fingerprint density at radius 3 is 2.96 bits per heavy atom. The van der Waals surface area contributed by atoms with Crippen LogP contribution in [0.3, 0.4) is 0 Å². The third-order valence-electron chi connectivity index (χ3n) is 5.08. The number of likely N-dealkylation sites (tertiary alicyclic amines) is 1. The average molecular weight is 340 g/mol. The first kappa shape index (κ1) is 16.1. The van der Waals surface area contributed by atoms with Gasteiger partial charge in [-0.2, -0.15) is 4.98 Å². The molecule has 6 heteroatoms. The first-order valence-corrected chi connectivity index (χ1v) is 9.13. The van der Waals surface area contributed by atoms with Crippen LogP contribution in [-0.2, 0) is 6.42 Å². The van der Waals surface area contributed by atoms with Crippen molar-refractivity contribution >= 4 is 11.7 Å². The van der Waals surface area contributed by atoms with E-state index in [-0.39, 0.29) is 6.03 Å². The highest BCUT2D eigenvalue weighted by Crippen LogP contribution is 2.38. The number of rotatable bonds is 4. The van der Waals surface area contributed by atoms with E-state index in [1.165, 1.54) is 12.8 Å². The molecule has 2 fully saturated rings. The van der Waals surface area contributed by atoms with E-state index < -0.39 is 0 Å². The second-order valence-corrected chi connectivity index (χ2v) is 7.22. The van der Waals surface area contributed by atoms with Gasteiger partial charge in [-0.25, -0.2) is 4.79 Å². The number of hydrogen-bond donors (Lipinski definition) is 1. The normalized spacial score (nSPS) is 20.5. The standard InChI is InChI=1S/C19H24N4O2/c1-13-5-2-3-7-16(13)20-19(24)23-10-4-6-14(12-23)11-17-21-18(22-25-17)15-8-9-15/h2-3,5,7,14-15H,4,6,8-12H2,1H3,(H,20,24)/t14-/m1/s1. The number of nitrogens with zero attached hydrogens (tertiary/aromatic N) is 3. The molecule has 2 amide bonds. The van der Waals surface area contributed by atoms with Crippen molar-refractivity contribution < 1.29 is 9.32 Å². The maximum Gasteiger partial charge on any atom is 0.321 e. The minimum absolute atomic E-state index is 0.0248. The molecule has 1 atom stereocenters. The molecular formula is C19H24N4O2. The first-order valence-electron chi connectivity index (χ1n) is 9.13. The van der Waals surface area contributed by atoms with Crippen molar-refractivity contribution in [2.75, 3.05) is 18.4 Å². The van der Waals surface area contributed by atoms with Crippen molar-refractivity contribution in [1.82, 2.24) is 15.0 Å². The van der Waals surface area contributed by atoms with Gasteiger partial charge in [0, 0.05) is 31.1 Å². The smallest absolute Gasteiger partial charge is 0.321 e. The fourth-order valence-corrected chi connectivity index (χ4v) is 3.43. The number of nitrogens with one attached hydrogen (secondary N) is 1. The van der Waals surface area contributed by atoms with Gasteiger partial charge >= 0.3 is 6.03 Å². The lowest BCUT2D eigenvalue weighted by Crippen LogP contribution is -2.42.